The second kappa shape index (κ2) is 2.71. The van der Waals surface area contributed by atoms with Gasteiger partial charge in [0.25, 0.3) is 0 Å². The molecule has 0 aliphatic heterocycles. The number of aromatic carboxylic acids is 1. The third-order valence-corrected chi connectivity index (χ3v) is 1.43. The summed E-state index contributed by atoms with van der Waals surface area (Å²) in [5.41, 5.74) is 0.143. The molecule has 52 valence electrons. The lowest BCUT2D eigenvalue weighted by atomic mass is 10.9. The summed E-state index contributed by atoms with van der Waals surface area (Å²) in [5.74, 6) is -0.995. The first-order valence-electron chi connectivity index (χ1n) is 2.69. The van der Waals surface area contributed by atoms with Crippen molar-refractivity contribution in [1.29, 1.82) is 0 Å². The molecule has 0 unspecified atom stereocenters. The molecular formula is C7H5ClO2. The minimum absolute atomic E-state index is 0.143. The summed E-state index contributed by atoms with van der Waals surface area (Å²) >= 11 is 5.54. The molecule has 2 nitrogen and oxygen atoms in total. The molecule has 10 heavy (non-hydrogen) atoms. The Bertz CT molecular complexity index is 258. The van der Waals surface area contributed by atoms with Crippen LogP contribution in [0.25, 0.3) is 0 Å². The average molecular weight is 163 g/mol. The Hall–Kier alpha value is -1.02. The van der Waals surface area contributed by atoms with E-state index in [-0.39, 0.29) is 10.6 Å². The van der Waals surface area contributed by atoms with E-state index in [0.717, 1.165) is 0 Å². The van der Waals surface area contributed by atoms with E-state index < -0.39 is 5.97 Å². The van der Waals surface area contributed by atoms with Gasteiger partial charge in [0, 0.05) is 0 Å². The van der Waals surface area contributed by atoms with Crippen molar-refractivity contribution in [3.63, 3.8) is 0 Å². The van der Waals surface area contributed by atoms with E-state index >= 15 is 0 Å². The topological polar surface area (TPSA) is 37.3 Å². The molecular weight excluding hydrogens is 157 g/mol. The quantitative estimate of drug-likeness (QED) is 0.686. The molecule has 0 aliphatic rings. The molecule has 1 rings (SSSR count). The number of hydrogen-bond donors (Lipinski definition) is 1. The fourth-order valence-electron chi connectivity index (χ4n) is 0.635. The van der Waals surface area contributed by atoms with Gasteiger partial charge < -0.3 is 5.11 Å². The summed E-state index contributed by atoms with van der Waals surface area (Å²) in [5, 5.41) is 8.75. The molecule has 0 saturated carbocycles. The molecule has 0 amide bonds. The van der Waals surface area contributed by atoms with E-state index in [1.807, 2.05) is 0 Å². The summed E-state index contributed by atoms with van der Waals surface area (Å²) in [4.78, 5) is 10.3. The van der Waals surface area contributed by atoms with Gasteiger partial charge >= 0.3 is 5.97 Å². The van der Waals surface area contributed by atoms with Gasteiger partial charge in [-0.2, -0.15) is 0 Å². The molecule has 1 aromatic rings. The van der Waals surface area contributed by atoms with Crippen LogP contribution < -0.4 is 0 Å². The third-order valence-electron chi connectivity index (χ3n) is 1.10. The molecule has 1 aromatic carbocycles. The number of rotatable bonds is 1. The van der Waals surface area contributed by atoms with Gasteiger partial charge in [-0.3, -0.25) is 0 Å². The maximum Gasteiger partial charge on any atom is 0.337 e. The van der Waals surface area contributed by atoms with Crippen molar-refractivity contribution < 1.29 is 9.90 Å². The Balaban J connectivity index is 3.15. The molecule has 0 radical (unpaired) electrons. The minimum Gasteiger partial charge on any atom is -0.478 e. The van der Waals surface area contributed by atoms with Crippen molar-refractivity contribution in [1.82, 2.24) is 0 Å². The number of hydrogen-bond acceptors (Lipinski definition) is 1. The maximum absolute atomic E-state index is 10.3. The van der Waals surface area contributed by atoms with Crippen LogP contribution in [0.1, 0.15) is 10.4 Å². The van der Waals surface area contributed by atoms with Crippen LogP contribution in [0, 0.1) is 0 Å². The normalized spacial score (nSPS) is 9.30. The molecule has 0 aromatic heterocycles. The van der Waals surface area contributed by atoms with E-state index in [2.05, 4.69) is 0 Å². The summed E-state index contributed by atoms with van der Waals surface area (Å²) in [6.07, 6.45) is 0. The van der Waals surface area contributed by atoms with E-state index in [1.54, 1.807) is 18.2 Å². The summed E-state index contributed by atoms with van der Waals surface area (Å²) in [6, 6.07) is 6.33. The lowest BCUT2D eigenvalue weighted by molar-refractivity contribution is 0.0697. The van der Waals surface area contributed by atoms with Gasteiger partial charge in [-0.15, -0.1) is 0 Å². The highest BCUT2D eigenvalue weighted by molar-refractivity contribution is 6.33. The largest absolute Gasteiger partial charge is 0.478 e. The molecule has 0 spiro atoms. The second-order valence-electron chi connectivity index (χ2n) is 1.78. The predicted molar refractivity (Wildman–Crippen MR) is 38.4 cm³/mol. The van der Waals surface area contributed by atoms with Gasteiger partial charge in [-0.25, -0.2) is 4.79 Å². The fourth-order valence-corrected chi connectivity index (χ4v) is 0.851. The number of halogens is 1. The predicted octanol–water partition coefficient (Wildman–Crippen LogP) is 2.04. The lowest BCUT2D eigenvalue weighted by Crippen LogP contribution is -1.95. The van der Waals surface area contributed by atoms with Gasteiger partial charge in [-0.05, 0) is 12.1 Å². The Morgan fingerprint density at radius 3 is 2.40 bits per heavy atom. The molecule has 0 fully saturated rings. The first-order valence-corrected chi connectivity index (χ1v) is 3.07. The highest BCUT2D eigenvalue weighted by Crippen LogP contribution is 2.13. The van der Waals surface area contributed by atoms with Crippen molar-refractivity contribution >= 4 is 17.6 Å². The fraction of sp³-hybridized carbons (Fsp3) is 0. The molecule has 0 bridgehead atoms. The van der Waals surface area contributed by atoms with Gasteiger partial charge in [0.1, 0.15) is 0 Å². The van der Waals surface area contributed by atoms with Gasteiger partial charge in [-0.1, -0.05) is 23.7 Å². The van der Waals surface area contributed by atoms with E-state index in [0.29, 0.717) is 0 Å². The van der Waals surface area contributed by atoms with Crippen LogP contribution in [0.3, 0.4) is 0 Å². The van der Waals surface area contributed by atoms with Crippen LogP contribution in [0.5, 0.6) is 0 Å². The average Bonchev–Trinajstić information content (AvgIpc) is 1.88. The highest BCUT2D eigenvalue weighted by Gasteiger charge is 2.04. The first kappa shape index (κ1) is 7.09. The number of carboxylic acid groups (broad SMARTS) is 1. The van der Waals surface area contributed by atoms with Crippen LogP contribution in [-0.4, -0.2) is 11.1 Å². The van der Waals surface area contributed by atoms with Crippen LogP contribution in [0.2, 0.25) is 5.02 Å². The zero-order valence-corrected chi connectivity index (χ0v) is 5.80. The second-order valence-corrected chi connectivity index (χ2v) is 2.19. The van der Waals surface area contributed by atoms with Crippen LogP contribution in [0.4, 0.5) is 0 Å². The summed E-state index contributed by atoms with van der Waals surface area (Å²) < 4.78 is 0. The van der Waals surface area contributed by atoms with Crippen LogP contribution in [-0.2, 0) is 0 Å². The van der Waals surface area contributed by atoms with E-state index in [1.165, 1.54) is 6.07 Å². The standard InChI is InChI=1S/C7H5ClO2/c8-6-4-2-1-3-5(6)7(9)10/h1-4H,(H,9,10)/i1+1,2+1,3+1,4+1,5+1,6+1. The Labute approximate surface area is 63.1 Å². The van der Waals surface area contributed by atoms with Crippen molar-refractivity contribution in [3.8, 4) is 0 Å². The monoisotopic (exact) mass is 162 g/mol. The molecule has 3 heteroatoms. The van der Waals surface area contributed by atoms with Crippen LogP contribution in [0.15, 0.2) is 24.3 Å². The number of carbonyl (C=O) groups is 1. The first-order chi connectivity index (χ1) is 4.72. The zero-order valence-electron chi connectivity index (χ0n) is 5.04. The molecule has 0 saturated heterocycles. The Morgan fingerprint density at radius 1 is 1.40 bits per heavy atom. The van der Waals surface area contributed by atoms with Crippen LogP contribution >= 0.6 is 11.6 Å². The number of carboxylic acids is 1. The summed E-state index contributed by atoms with van der Waals surface area (Å²) in [6.45, 7) is 0. The van der Waals surface area contributed by atoms with Crippen molar-refractivity contribution in [2.75, 3.05) is 0 Å². The molecule has 0 aliphatic carbocycles. The Morgan fingerprint density at radius 2 is 2.00 bits per heavy atom. The number of benzene rings is 1. The third kappa shape index (κ3) is 1.28. The van der Waals surface area contributed by atoms with Gasteiger partial charge in [0.05, 0.1) is 10.6 Å². The minimum atomic E-state index is -0.995. The van der Waals surface area contributed by atoms with E-state index in [9.17, 15) is 4.79 Å². The molecule has 0 heterocycles. The SMILES string of the molecule is O=C(O)[13c]1[13cH][13cH][13cH][13cH][13c]1Cl. The van der Waals surface area contributed by atoms with Crippen molar-refractivity contribution in [3.05, 3.63) is 34.9 Å². The lowest BCUT2D eigenvalue weighted by Gasteiger charge is -1.94. The van der Waals surface area contributed by atoms with Crippen molar-refractivity contribution in [2.45, 2.75) is 0 Å². The Kier molecular flexibility index (Phi) is 1.92. The smallest absolute Gasteiger partial charge is 0.337 e. The highest BCUT2D eigenvalue weighted by atomic mass is 35.5. The molecule has 0 atom stereocenters. The van der Waals surface area contributed by atoms with E-state index in [4.69, 9.17) is 16.7 Å². The summed E-state index contributed by atoms with van der Waals surface area (Å²) in [7, 11) is 0. The van der Waals surface area contributed by atoms with Crippen molar-refractivity contribution in [2.24, 2.45) is 0 Å². The zero-order chi connectivity index (χ0) is 7.56. The van der Waals surface area contributed by atoms with Gasteiger partial charge in [0.15, 0.2) is 0 Å². The maximum atomic E-state index is 10.3. The van der Waals surface area contributed by atoms with Gasteiger partial charge in [0.2, 0.25) is 0 Å². The molecule has 1 N–H and O–H groups in total.